The van der Waals surface area contributed by atoms with Crippen molar-refractivity contribution >= 4 is 5.97 Å². The third kappa shape index (κ3) is 2.56. The van der Waals surface area contributed by atoms with Gasteiger partial charge in [-0.2, -0.15) is 0 Å². The zero-order valence-corrected chi connectivity index (χ0v) is 11.0. The highest BCUT2D eigenvalue weighted by molar-refractivity contribution is 5.90. The molecule has 1 N–H and O–H groups in total. The number of aliphatic hydroxyl groups is 1. The molecule has 2 aliphatic rings. The Balaban J connectivity index is 2.27. The maximum Gasteiger partial charge on any atom is 0.334 e. The number of aliphatic hydroxyl groups excluding tert-OH is 1. The van der Waals surface area contributed by atoms with E-state index in [9.17, 15) is 9.90 Å². The van der Waals surface area contributed by atoms with Crippen LogP contribution in [0.3, 0.4) is 0 Å². The zero-order chi connectivity index (χ0) is 13.3. The molecule has 1 heterocycles. The quantitative estimate of drug-likeness (QED) is 0.407. The summed E-state index contributed by atoms with van der Waals surface area (Å²) in [7, 11) is 0. The number of ether oxygens (including phenoxy) is 1. The van der Waals surface area contributed by atoms with Gasteiger partial charge in [0.25, 0.3) is 0 Å². The molecule has 2 rings (SSSR count). The Labute approximate surface area is 108 Å². The van der Waals surface area contributed by atoms with Gasteiger partial charge in [0, 0.05) is 17.9 Å². The lowest BCUT2D eigenvalue weighted by Crippen LogP contribution is -2.18. The first-order valence-corrected chi connectivity index (χ1v) is 6.39. The van der Waals surface area contributed by atoms with Crippen molar-refractivity contribution in [1.82, 2.24) is 0 Å². The number of esters is 1. The first-order valence-electron chi connectivity index (χ1n) is 6.39. The van der Waals surface area contributed by atoms with Crippen molar-refractivity contribution in [3.05, 3.63) is 35.5 Å². The molecule has 98 valence electrons. The minimum atomic E-state index is -0.428. The van der Waals surface area contributed by atoms with Gasteiger partial charge >= 0.3 is 5.97 Å². The van der Waals surface area contributed by atoms with Crippen LogP contribution in [0.4, 0.5) is 0 Å². The molecule has 18 heavy (non-hydrogen) atoms. The fraction of sp³-hybridized carbons (Fsp3) is 0.533. The summed E-state index contributed by atoms with van der Waals surface area (Å²) in [4.78, 5) is 11.6. The van der Waals surface area contributed by atoms with E-state index in [4.69, 9.17) is 4.74 Å². The van der Waals surface area contributed by atoms with Gasteiger partial charge < -0.3 is 9.84 Å². The Morgan fingerprint density at radius 3 is 2.78 bits per heavy atom. The number of carbonyl (C=O) groups is 1. The number of fused-ring (bicyclic) bond motifs is 1. The lowest BCUT2D eigenvalue weighted by molar-refractivity contribution is -0.139. The maximum absolute atomic E-state index is 11.6. The molecule has 1 saturated heterocycles. The van der Waals surface area contributed by atoms with Gasteiger partial charge in [0.05, 0.1) is 6.10 Å². The molecule has 0 aromatic heterocycles. The van der Waals surface area contributed by atoms with Crippen molar-refractivity contribution in [2.45, 2.75) is 45.3 Å². The predicted molar refractivity (Wildman–Crippen MR) is 69.9 cm³/mol. The normalized spacial score (nSPS) is 33.4. The molecule has 0 amide bonds. The van der Waals surface area contributed by atoms with Crippen molar-refractivity contribution in [3.63, 3.8) is 0 Å². The summed E-state index contributed by atoms with van der Waals surface area (Å²) in [6.45, 7) is 7.76. The summed E-state index contributed by atoms with van der Waals surface area (Å²) in [6.07, 6.45) is 5.58. The predicted octanol–water partition coefficient (Wildman–Crippen LogP) is 2.52. The van der Waals surface area contributed by atoms with E-state index < -0.39 is 6.10 Å². The average molecular weight is 248 g/mol. The van der Waals surface area contributed by atoms with Crippen molar-refractivity contribution in [2.24, 2.45) is 5.92 Å². The molecule has 0 aromatic carbocycles. The monoisotopic (exact) mass is 248 g/mol. The van der Waals surface area contributed by atoms with Crippen LogP contribution in [0.1, 0.15) is 33.1 Å². The van der Waals surface area contributed by atoms with Crippen LogP contribution < -0.4 is 0 Å². The lowest BCUT2D eigenvalue weighted by Gasteiger charge is -2.20. The van der Waals surface area contributed by atoms with Gasteiger partial charge in [0.2, 0.25) is 0 Å². The van der Waals surface area contributed by atoms with Gasteiger partial charge in [-0.05, 0) is 32.3 Å². The second-order valence-corrected chi connectivity index (χ2v) is 5.27. The summed E-state index contributed by atoms with van der Waals surface area (Å²) in [5.74, 6) is -0.232. The van der Waals surface area contributed by atoms with Gasteiger partial charge in [-0.15, -0.1) is 0 Å². The van der Waals surface area contributed by atoms with E-state index in [0.29, 0.717) is 18.4 Å². The van der Waals surface area contributed by atoms with E-state index in [-0.39, 0.29) is 18.0 Å². The van der Waals surface area contributed by atoms with E-state index in [2.05, 4.69) is 6.58 Å². The van der Waals surface area contributed by atoms with Crippen molar-refractivity contribution < 1.29 is 14.6 Å². The van der Waals surface area contributed by atoms with Gasteiger partial charge in [0.1, 0.15) is 6.10 Å². The van der Waals surface area contributed by atoms with Gasteiger partial charge in [-0.3, -0.25) is 0 Å². The molecule has 0 aromatic rings. The van der Waals surface area contributed by atoms with Gasteiger partial charge in [-0.25, -0.2) is 4.79 Å². The lowest BCUT2D eigenvalue weighted by atomic mass is 9.87. The highest BCUT2D eigenvalue weighted by atomic mass is 16.6. The van der Waals surface area contributed by atoms with E-state index in [1.807, 2.05) is 26.0 Å². The molecule has 1 aliphatic heterocycles. The Morgan fingerprint density at radius 1 is 1.33 bits per heavy atom. The summed E-state index contributed by atoms with van der Waals surface area (Å²) < 4.78 is 5.37. The summed E-state index contributed by atoms with van der Waals surface area (Å²) in [5, 5.41) is 9.94. The molecule has 1 fully saturated rings. The zero-order valence-electron chi connectivity index (χ0n) is 11.0. The molecular weight excluding hydrogens is 228 g/mol. The molecule has 0 bridgehead atoms. The molecule has 0 saturated carbocycles. The standard InChI is InChI=1S/C15H20O3/c1-9-4-7-13(16)10(2)5-6-12-11(3)15(17)18-14(12)8-9/h4-5,12-14,16H,3,6-8H2,1-2H3/t12-,13+,14+/m1/s1. The van der Waals surface area contributed by atoms with E-state index in [1.54, 1.807) is 0 Å². The minimum Gasteiger partial charge on any atom is -0.458 e. The molecule has 3 atom stereocenters. The Bertz CT molecular complexity index is 431. The van der Waals surface area contributed by atoms with Crippen LogP contribution in [0, 0.1) is 5.92 Å². The number of hydrogen-bond donors (Lipinski definition) is 1. The minimum absolute atomic E-state index is 0.0427. The van der Waals surface area contributed by atoms with Crippen LogP contribution in [0.15, 0.2) is 35.5 Å². The first-order chi connectivity index (χ1) is 8.49. The SMILES string of the molecule is C=C1C(=O)O[C@H]2CC(C)=CC[C@H](O)C(C)=CC[C@H]12. The van der Waals surface area contributed by atoms with Crippen LogP contribution in [0.25, 0.3) is 0 Å². The second-order valence-electron chi connectivity index (χ2n) is 5.27. The number of carbonyl (C=O) groups excluding carboxylic acids is 1. The average Bonchev–Trinajstić information content (AvgIpc) is 2.58. The fourth-order valence-corrected chi connectivity index (χ4v) is 2.50. The van der Waals surface area contributed by atoms with Crippen LogP contribution >= 0.6 is 0 Å². The van der Waals surface area contributed by atoms with Crippen LogP contribution in [-0.2, 0) is 9.53 Å². The summed E-state index contributed by atoms with van der Waals surface area (Å²) in [5.41, 5.74) is 2.67. The molecule has 0 radical (unpaired) electrons. The number of allylic oxidation sites excluding steroid dienone is 1. The largest absolute Gasteiger partial charge is 0.458 e. The Kier molecular flexibility index (Phi) is 3.71. The van der Waals surface area contributed by atoms with Crippen LogP contribution in [-0.4, -0.2) is 23.3 Å². The summed E-state index contributed by atoms with van der Waals surface area (Å²) >= 11 is 0. The van der Waals surface area contributed by atoms with Crippen molar-refractivity contribution in [2.75, 3.05) is 0 Å². The second kappa shape index (κ2) is 5.11. The smallest absolute Gasteiger partial charge is 0.334 e. The Hall–Kier alpha value is -1.35. The number of rotatable bonds is 0. The Morgan fingerprint density at radius 2 is 2.06 bits per heavy atom. The topological polar surface area (TPSA) is 46.5 Å². The highest BCUT2D eigenvalue weighted by Crippen LogP contribution is 2.34. The van der Waals surface area contributed by atoms with Crippen LogP contribution in [0.5, 0.6) is 0 Å². The fourth-order valence-electron chi connectivity index (χ4n) is 2.50. The van der Waals surface area contributed by atoms with Crippen molar-refractivity contribution in [3.8, 4) is 0 Å². The first kappa shape index (κ1) is 13.1. The van der Waals surface area contributed by atoms with E-state index >= 15 is 0 Å². The third-order valence-corrected chi connectivity index (χ3v) is 3.85. The molecule has 3 nitrogen and oxygen atoms in total. The van der Waals surface area contributed by atoms with Crippen LogP contribution in [0.2, 0.25) is 0 Å². The molecular formula is C15H20O3. The van der Waals surface area contributed by atoms with E-state index in [0.717, 1.165) is 17.6 Å². The number of hydrogen-bond acceptors (Lipinski definition) is 3. The molecule has 1 aliphatic carbocycles. The van der Waals surface area contributed by atoms with Crippen molar-refractivity contribution in [1.29, 1.82) is 0 Å². The molecule has 0 spiro atoms. The maximum atomic E-state index is 11.6. The summed E-state index contributed by atoms with van der Waals surface area (Å²) in [6, 6.07) is 0. The van der Waals surface area contributed by atoms with Gasteiger partial charge in [0.15, 0.2) is 0 Å². The third-order valence-electron chi connectivity index (χ3n) is 3.85. The highest BCUT2D eigenvalue weighted by Gasteiger charge is 2.37. The molecule has 3 heteroatoms. The molecule has 0 unspecified atom stereocenters. The van der Waals surface area contributed by atoms with Gasteiger partial charge in [-0.1, -0.05) is 24.3 Å². The van der Waals surface area contributed by atoms with E-state index in [1.165, 1.54) is 0 Å².